The van der Waals surface area contributed by atoms with E-state index < -0.39 is 0 Å². The van der Waals surface area contributed by atoms with Crippen molar-refractivity contribution >= 4 is 16.7 Å². The number of rotatable bonds is 5. The fraction of sp³-hybridized carbons (Fsp3) is 0.211. The van der Waals surface area contributed by atoms with E-state index in [-0.39, 0.29) is 23.2 Å². The Morgan fingerprint density at radius 2 is 1.72 bits per heavy atom. The molecule has 2 aromatic carbocycles. The number of fused-ring (bicyclic) bond motifs is 1. The fourth-order valence-electron chi connectivity index (χ4n) is 2.83. The van der Waals surface area contributed by atoms with Gasteiger partial charge in [-0.1, -0.05) is 48.5 Å². The predicted octanol–water partition coefficient (Wildman–Crippen LogP) is 1.96. The Balaban J connectivity index is 1.83. The molecule has 1 amide bonds. The van der Waals surface area contributed by atoms with Crippen LogP contribution in [0.1, 0.15) is 22.1 Å². The van der Waals surface area contributed by atoms with Crippen LogP contribution in [0, 0.1) is 0 Å². The van der Waals surface area contributed by atoms with Gasteiger partial charge in [0.25, 0.3) is 11.5 Å². The number of H-pyrrole nitrogens is 1. The summed E-state index contributed by atoms with van der Waals surface area (Å²) in [7, 11) is 3.94. The first-order valence-corrected chi connectivity index (χ1v) is 8.05. The molecule has 1 aromatic heterocycles. The van der Waals surface area contributed by atoms with Crippen molar-refractivity contribution in [1.82, 2.24) is 20.4 Å². The summed E-state index contributed by atoms with van der Waals surface area (Å²) in [5.41, 5.74) is 1.04. The number of nitrogens with one attached hydrogen (secondary N) is 2. The number of aromatic nitrogens is 2. The number of carbonyl (C=O) groups excluding carboxylic acids is 1. The molecule has 3 aromatic rings. The van der Waals surface area contributed by atoms with Crippen molar-refractivity contribution in [3.63, 3.8) is 0 Å². The highest BCUT2D eigenvalue weighted by atomic mass is 16.2. The molecular weight excluding hydrogens is 316 g/mol. The number of likely N-dealkylation sites (N-methyl/N-ethyl adjacent to an activating group) is 1. The number of nitrogens with zero attached hydrogens (tertiary/aromatic N) is 2. The van der Waals surface area contributed by atoms with E-state index >= 15 is 0 Å². The summed E-state index contributed by atoms with van der Waals surface area (Å²) < 4.78 is 0. The molecule has 0 saturated carbocycles. The standard InChI is InChI=1S/C19H20N4O2/c1-23(2)16(13-8-4-3-5-9-13)12-20-19(25)17-14-10-6-7-11-15(14)18(24)22-21-17/h3-11,16H,12H2,1-2H3,(H,20,25)(H,22,24)/t16-/m1/s1. The van der Waals surface area contributed by atoms with Crippen LogP contribution in [-0.2, 0) is 0 Å². The number of amides is 1. The second-order valence-corrected chi connectivity index (χ2v) is 6.05. The van der Waals surface area contributed by atoms with Gasteiger partial charge in [0, 0.05) is 11.9 Å². The zero-order chi connectivity index (χ0) is 17.8. The van der Waals surface area contributed by atoms with E-state index in [1.165, 1.54) is 0 Å². The minimum Gasteiger partial charge on any atom is -0.349 e. The van der Waals surface area contributed by atoms with Crippen LogP contribution in [0.4, 0.5) is 0 Å². The lowest BCUT2D eigenvalue weighted by molar-refractivity contribution is 0.0937. The third-order valence-electron chi connectivity index (χ3n) is 4.17. The Bertz CT molecular complexity index is 935. The van der Waals surface area contributed by atoms with Crippen molar-refractivity contribution in [2.45, 2.75) is 6.04 Å². The van der Waals surface area contributed by atoms with Crippen LogP contribution in [0.25, 0.3) is 10.8 Å². The SMILES string of the molecule is CN(C)[C@H](CNC(=O)c1n[nH]c(=O)c2ccccc12)c1ccccc1. The van der Waals surface area contributed by atoms with E-state index in [0.29, 0.717) is 17.3 Å². The third-order valence-corrected chi connectivity index (χ3v) is 4.17. The summed E-state index contributed by atoms with van der Waals surface area (Å²) >= 11 is 0. The number of hydrogen-bond donors (Lipinski definition) is 2. The van der Waals surface area contributed by atoms with Crippen molar-refractivity contribution in [3.8, 4) is 0 Å². The van der Waals surface area contributed by atoms with Gasteiger partial charge in [-0.15, -0.1) is 0 Å². The first kappa shape index (κ1) is 16.9. The molecule has 1 atom stereocenters. The minimum atomic E-state index is -0.310. The lowest BCUT2D eigenvalue weighted by Gasteiger charge is -2.25. The Hall–Kier alpha value is -2.99. The second kappa shape index (κ2) is 7.27. The molecule has 6 heteroatoms. The van der Waals surface area contributed by atoms with Crippen molar-refractivity contribution in [3.05, 3.63) is 76.2 Å². The number of benzene rings is 2. The molecule has 0 fully saturated rings. The Morgan fingerprint density at radius 1 is 1.08 bits per heavy atom. The van der Waals surface area contributed by atoms with Crippen molar-refractivity contribution in [2.24, 2.45) is 0 Å². The molecule has 0 aliphatic heterocycles. The molecule has 0 bridgehead atoms. The fourth-order valence-corrected chi connectivity index (χ4v) is 2.83. The number of aromatic amines is 1. The zero-order valence-electron chi connectivity index (χ0n) is 14.2. The second-order valence-electron chi connectivity index (χ2n) is 6.05. The number of carbonyl (C=O) groups is 1. The zero-order valence-corrected chi connectivity index (χ0v) is 14.2. The van der Waals surface area contributed by atoms with E-state index in [9.17, 15) is 9.59 Å². The van der Waals surface area contributed by atoms with Gasteiger partial charge in [0.2, 0.25) is 0 Å². The number of hydrogen-bond acceptors (Lipinski definition) is 4. The maximum absolute atomic E-state index is 12.6. The summed E-state index contributed by atoms with van der Waals surface area (Å²) in [5, 5.41) is 10.3. The Morgan fingerprint density at radius 3 is 2.40 bits per heavy atom. The van der Waals surface area contributed by atoms with E-state index in [2.05, 4.69) is 15.5 Å². The highest BCUT2D eigenvalue weighted by molar-refractivity contribution is 6.04. The average Bonchev–Trinajstić information content (AvgIpc) is 2.63. The average molecular weight is 336 g/mol. The Kier molecular flexibility index (Phi) is 4.90. The molecule has 0 radical (unpaired) electrons. The predicted molar refractivity (Wildman–Crippen MR) is 97.6 cm³/mol. The molecular formula is C19H20N4O2. The normalized spacial score (nSPS) is 12.3. The van der Waals surface area contributed by atoms with Crippen LogP contribution >= 0.6 is 0 Å². The molecule has 0 aliphatic carbocycles. The lowest BCUT2D eigenvalue weighted by Crippen LogP contribution is -2.35. The van der Waals surface area contributed by atoms with E-state index in [1.807, 2.05) is 49.3 Å². The van der Waals surface area contributed by atoms with Crippen molar-refractivity contribution in [2.75, 3.05) is 20.6 Å². The minimum absolute atomic E-state index is 0.0409. The molecule has 0 spiro atoms. The summed E-state index contributed by atoms with van der Waals surface area (Å²) in [6, 6.07) is 17.0. The van der Waals surface area contributed by atoms with Gasteiger partial charge < -0.3 is 10.2 Å². The summed E-state index contributed by atoms with van der Waals surface area (Å²) in [5.74, 6) is -0.310. The Labute approximate surface area is 145 Å². The van der Waals surface area contributed by atoms with Gasteiger partial charge in [-0.3, -0.25) is 9.59 Å². The van der Waals surface area contributed by atoms with Gasteiger partial charge in [-0.2, -0.15) is 5.10 Å². The molecule has 6 nitrogen and oxygen atoms in total. The van der Waals surface area contributed by atoms with Crippen LogP contribution in [0.3, 0.4) is 0 Å². The molecule has 0 saturated heterocycles. The molecule has 128 valence electrons. The van der Waals surface area contributed by atoms with Gasteiger partial charge >= 0.3 is 0 Å². The molecule has 0 aliphatic rings. The van der Waals surface area contributed by atoms with Crippen LogP contribution in [0.15, 0.2) is 59.4 Å². The van der Waals surface area contributed by atoms with E-state index in [4.69, 9.17) is 0 Å². The van der Waals surface area contributed by atoms with Crippen molar-refractivity contribution in [1.29, 1.82) is 0 Å². The van der Waals surface area contributed by atoms with Gasteiger partial charge in [-0.05, 0) is 25.7 Å². The first-order chi connectivity index (χ1) is 12.1. The van der Waals surface area contributed by atoms with Crippen LogP contribution in [0.2, 0.25) is 0 Å². The molecule has 1 heterocycles. The van der Waals surface area contributed by atoms with Gasteiger partial charge in [0.15, 0.2) is 5.69 Å². The van der Waals surface area contributed by atoms with Crippen molar-refractivity contribution < 1.29 is 4.79 Å². The first-order valence-electron chi connectivity index (χ1n) is 8.05. The largest absolute Gasteiger partial charge is 0.349 e. The smallest absolute Gasteiger partial charge is 0.272 e. The van der Waals surface area contributed by atoms with Gasteiger partial charge in [-0.25, -0.2) is 5.10 Å². The summed E-state index contributed by atoms with van der Waals surface area (Å²) in [4.78, 5) is 26.5. The summed E-state index contributed by atoms with van der Waals surface area (Å²) in [6.45, 7) is 0.435. The maximum atomic E-state index is 12.6. The maximum Gasteiger partial charge on any atom is 0.272 e. The van der Waals surface area contributed by atoms with E-state index in [0.717, 1.165) is 5.56 Å². The molecule has 3 rings (SSSR count). The van der Waals surface area contributed by atoms with Crippen LogP contribution in [0.5, 0.6) is 0 Å². The highest BCUT2D eigenvalue weighted by Gasteiger charge is 2.18. The highest BCUT2D eigenvalue weighted by Crippen LogP contribution is 2.17. The lowest BCUT2D eigenvalue weighted by atomic mass is 10.1. The van der Waals surface area contributed by atoms with Crippen LogP contribution < -0.4 is 10.9 Å². The van der Waals surface area contributed by atoms with Gasteiger partial charge in [0.1, 0.15) is 0 Å². The summed E-state index contributed by atoms with van der Waals surface area (Å²) in [6.07, 6.45) is 0. The molecule has 25 heavy (non-hydrogen) atoms. The van der Waals surface area contributed by atoms with E-state index in [1.54, 1.807) is 24.3 Å². The van der Waals surface area contributed by atoms with Crippen LogP contribution in [-0.4, -0.2) is 41.6 Å². The molecule has 2 N–H and O–H groups in total. The molecule has 0 unspecified atom stereocenters. The quantitative estimate of drug-likeness (QED) is 0.746. The topological polar surface area (TPSA) is 78.1 Å². The van der Waals surface area contributed by atoms with Gasteiger partial charge in [0.05, 0.1) is 11.4 Å². The monoisotopic (exact) mass is 336 g/mol. The third kappa shape index (κ3) is 3.59.